The topological polar surface area (TPSA) is 69.3 Å². The molecule has 2 fully saturated rings. The van der Waals surface area contributed by atoms with Gasteiger partial charge in [-0.25, -0.2) is 0 Å². The summed E-state index contributed by atoms with van der Waals surface area (Å²) in [5, 5.41) is 9.88. The van der Waals surface area contributed by atoms with Gasteiger partial charge in [-0.05, 0) is 49.0 Å². The Balaban J connectivity index is 1.62. The van der Waals surface area contributed by atoms with Crippen LogP contribution in [0.1, 0.15) is 37.4 Å². The van der Waals surface area contributed by atoms with Crippen LogP contribution in [-0.4, -0.2) is 47.3 Å². The molecule has 3 heterocycles. The second-order valence-electron chi connectivity index (χ2n) is 8.63. The zero-order valence-electron chi connectivity index (χ0n) is 19.1. The smallest absolute Gasteiger partial charge is 0.271 e. The van der Waals surface area contributed by atoms with Crippen molar-refractivity contribution in [1.29, 1.82) is 5.26 Å². The van der Waals surface area contributed by atoms with Crippen LogP contribution in [0, 0.1) is 17.2 Å². The number of piperazine rings is 1. The SMILES string of the molecule is C=C/C(=C\c1cc(N2CCN(C(=O)C3=CC=CCS3)CC2)c(C#N)c(=O)n1CC1CC1)CC. The van der Waals surface area contributed by atoms with Gasteiger partial charge >= 0.3 is 0 Å². The minimum absolute atomic E-state index is 0.0616. The maximum Gasteiger partial charge on any atom is 0.271 e. The van der Waals surface area contributed by atoms with Crippen LogP contribution in [0.4, 0.5) is 5.69 Å². The summed E-state index contributed by atoms with van der Waals surface area (Å²) >= 11 is 1.56. The van der Waals surface area contributed by atoms with E-state index in [0.29, 0.717) is 44.3 Å². The number of amides is 1. The van der Waals surface area contributed by atoms with Crippen LogP contribution in [0.25, 0.3) is 6.08 Å². The number of allylic oxidation sites excluding steroid dienone is 4. The molecular weight excluding hydrogens is 432 g/mol. The molecule has 3 aliphatic rings. The first-order chi connectivity index (χ1) is 16.0. The van der Waals surface area contributed by atoms with E-state index in [-0.39, 0.29) is 17.0 Å². The van der Waals surface area contributed by atoms with Crippen molar-refractivity contribution in [3.63, 3.8) is 0 Å². The second-order valence-corrected chi connectivity index (χ2v) is 9.69. The lowest BCUT2D eigenvalue weighted by molar-refractivity contribution is -0.126. The number of carbonyl (C=O) groups excluding carboxylic acids is 1. The maximum absolute atomic E-state index is 13.4. The zero-order valence-corrected chi connectivity index (χ0v) is 19.9. The first-order valence-electron chi connectivity index (χ1n) is 11.6. The molecule has 33 heavy (non-hydrogen) atoms. The average molecular weight is 463 g/mol. The predicted molar refractivity (Wildman–Crippen MR) is 135 cm³/mol. The third-order valence-electron chi connectivity index (χ3n) is 6.40. The molecule has 0 bridgehead atoms. The van der Waals surface area contributed by atoms with Gasteiger partial charge in [-0.3, -0.25) is 9.59 Å². The van der Waals surface area contributed by atoms with Crippen molar-refractivity contribution in [2.75, 3.05) is 36.8 Å². The van der Waals surface area contributed by atoms with Crippen molar-refractivity contribution < 1.29 is 4.79 Å². The molecule has 1 saturated heterocycles. The van der Waals surface area contributed by atoms with Crippen molar-refractivity contribution in [3.05, 3.63) is 69.0 Å². The Morgan fingerprint density at radius 1 is 1.30 bits per heavy atom. The van der Waals surface area contributed by atoms with Gasteiger partial charge < -0.3 is 14.4 Å². The van der Waals surface area contributed by atoms with E-state index in [9.17, 15) is 14.9 Å². The first kappa shape index (κ1) is 23.2. The quantitative estimate of drug-likeness (QED) is 0.574. The molecule has 0 aromatic carbocycles. The number of hydrogen-bond acceptors (Lipinski definition) is 5. The number of nitriles is 1. The molecule has 1 aliphatic carbocycles. The predicted octanol–water partition coefficient (Wildman–Crippen LogP) is 3.94. The highest BCUT2D eigenvalue weighted by atomic mass is 32.2. The van der Waals surface area contributed by atoms with Gasteiger partial charge in [0.05, 0.1) is 10.6 Å². The minimum Gasteiger partial charge on any atom is -0.367 e. The van der Waals surface area contributed by atoms with Gasteiger partial charge in [-0.1, -0.05) is 31.7 Å². The Morgan fingerprint density at radius 2 is 2.06 bits per heavy atom. The van der Waals surface area contributed by atoms with Crippen molar-refractivity contribution in [1.82, 2.24) is 9.47 Å². The van der Waals surface area contributed by atoms with E-state index in [4.69, 9.17) is 0 Å². The second kappa shape index (κ2) is 10.3. The lowest BCUT2D eigenvalue weighted by atomic mass is 10.1. The Morgan fingerprint density at radius 3 is 2.64 bits per heavy atom. The molecule has 172 valence electrons. The molecule has 4 rings (SSSR count). The number of hydrogen-bond donors (Lipinski definition) is 0. The summed E-state index contributed by atoms with van der Waals surface area (Å²) in [6.07, 6.45) is 12.8. The van der Waals surface area contributed by atoms with Crippen molar-refractivity contribution >= 4 is 29.4 Å². The molecule has 1 aromatic heterocycles. The van der Waals surface area contributed by atoms with E-state index in [1.165, 1.54) is 0 Å². The fourth-order valence-corrected chi connectivity index (χ4v) is 5.02. The normalized spacial score (nSPS) is 18.7. The summed E-state index contributed by atoms with van der Waals surface area (Å²) in [7, 11) is 0. The maximum atomic E-state index is 13.4. The number of carbonyl (C=O) groups is 1. The van der Waals surface area contributed by atoms with Crippen molar-refractivity contribution in [2.24, 2.45) is 5.92 Å². The molecule has 0 spiro atoms. The van der Waals surface area contributed by atoms with Crippen LogP contribution in [0.15, 0.2) is 52.2 Å². The van der Waals surface area contributed by atoms with Gasteiger partial charge in [-0.15, -0.1) is 11.8 Å². The van der Waals surface area contributed by atoms with E-state index >= 15 is 0 Å². The monoisotopic (exact) mass is 462 g/mol. The van der Waals surface area contributed by atoms with Gasteiger partial charge in [0.1, 0.15) is 11.6 Å². The van der Waals surface area contributed by atoms with E-state index < -0.39 is 0 Å². The first-order valence-corrected chi connectivity index (χ1v) is 12.6. The van der Waals surface area contributed by atoms with Crippen molar-refractivity contribution in [3.8, 4) is 6.07 Å². The standard InChI is InChI=1S/C26H30N4O2S/c1-3-19(4-2)15-21-16-23(22(17-27)25(31)30(21)18-20-8-9-20)28-10-12-29(13-11-28)26(32)24-7-5-6-14-33-24/h3,5-7,15-16,20H,1,4,8-14,18H2,2H3/b19-15+. The highest BCUT2D eigenvalue weighted by Gasteiger charge is 2.28. The third kappa shape index (κ3) is 5.17. The number of rotatable bonds is 7. The lowest BCUT2D eigenvalue weighted by Gasteiger charge is -2.37. The fourth-order valence-electron chi connectivity index (χ4n) is 4.20. The van der Waals surface area contributed by atoms with Crippen LogP contribution in [0.2, 0.25) is 0 Å². The summed E-state index contributed by atoms with van der Waals surface area (Å²) in [6.45, 7) is 8.92. The summed E-state index contributed by atoms with van der Waals surface area (Å²) in [5.41, 5.74) is 2.52. The lowest BCUT2D eigenvalue weighted by Crippen LogP contribution is -2.49. The van der Waals surface area contributed by atoms with Crippen molar-refractivity contribution in [2.45, 2.75) is 32.7 Å². The molecular formula is C26H30N4O2S. The van der Waals surface area contributed by atoms with Gasteiger partial charge in [0.15, 0.2) is 0 Å². The number of thioether (sulfide) groups is 1. The zero-order chi connectivity index (χ0) is 23.4. The van der Waals surface area contributed by atoms with Gasteiger partial charge in [0.25, 0.3) is 11.5 Å². The van der Waals surface area contributed by atoms with Crippen LogP contribution in [0.3, 0.4) is 0 Å². The Hall–Kier alpha value is -2.98. The highest BCUT2D eigenvalue weighted by molar-refractivity contribution is 8.04. The molecule has 6 nitrogen and oxygen atoms in total. The van der Waals surface area contributed by atoms with Crippen LogP contribution < -0.4 is 10.5 Å². The molecule has 0 unspecified atom stereocenters. The highest BCUT2D eigenvalue weighted by Crippen LogP contribution is 2.32. The van der Waals surface area contributed by atoms with Gasteiger partial charge in [0, 0.05) is 44.2 Å². The number of aromatic nitrogens is 1. The minimum atomic E-state index is -0.221. The largest absolute Gasteiger partial charge is 0.367 e. The van der Waals surface area contributed by atoms with E-state index in [2.05, 4.69) is 24.5 Å². The van der Waals surface area contributed by atoms with Gasteiger partial charge in [-0.2, -0.15) is 5.26 Å². The van der Waals surface area contributed by atoms with E-state index in [1.807, 2.05) is 41.3 Å². The molecule has 0 radical (unpaired) electrons. The molecule has 2 aliphatic heterocycles. The summed E-state index contributed by atoms with van der Waals surface area (Å²) in [6, 6.07) is 4.15. The number of pyridine rings is 1. The average Bonchev–Trinajstić information content (AvgIpc) is 3.68. The molecule has 7 heteroatoms. The summed E-state index contributed by atoms with van der Waals surface area (Å²) in [4.78, 5) is 30.9. The fraction of sp³-hybridized carbons (Fsp3) is 0.423. The molecule has 1 aromatic rings. The Bertz CT molecular complexity index is 1130. The van der Waals surface area contributed by atoms with Gasteiger partial charge in [0.2, 0.25) is 0 Å². The summed E-state index contributed by atoms with van der Waals surface area (Å²) < 4.78 is 1.76. The molecule has 1 amide bonds. The van der Waals surface area contributed by atoms with E-state index in [1.54, 1.807) is 16.3 Å². The number of nitrogens with zero attached hydrogens (tertiary/aromatic N) is 4. The van der Waals surface area contributed by atoms with Crippen LogP contribution in [0.5, 0.6) is 0 Å². The summed E-state index contributed by atoms with van der Waals surface area (Å²) in [5.74, 6) is 1.39. The number of anilines is 1. The Labute approximate surface area is 199 Å². The Kier molecular flexibility index (Phi) is 7.24. The molecule has 0 N–H and O–H groups in total. The van der Waals surface area contributed by atoms with E-state index in [0.717, 1.165) is 41.2 Å². The third-order valence-corrected chi connectivity index (χ3v) is 7.38. The molecule has 0 atom stereocenters. The van der Waals surface area contributed by atoms with Crippen LogP contribution >= 0.6 is 11.8 Å². The van der Waals surface area contributed by atoms with Crippen LogP contribution in [-0.2, 0) is 11.3 Å². The molecule has 1 saturated carbocycles.